The highest BCUT2D eigenvalue weighted by atomic mass is 35.5. The van der Waals surface area contributed by atoms with Gasteiger partial charge in [0, 0.05) is 17.4 Å². The Balaban J connectivity index is 0.000000162. The first-order valence-electron chi connectivity index (χ1n) is 4.41. The lowest BCUT2D eigenvalue weighted by Gasteiger charge is -1.90. The van der Waals surface area contributed by atoms with Crippen LogP contribution in [0.25, 0.3) is 0 Å². The summed E-state index contributed by atoms with van der Waals surface area (Å²) in [7, 11) is 1.04. The molecule has 0 unspecified atom stereocenters. The molecule has 2 nitrogen and oxygen atoms in total. The fraction of sp³-hybridized carbons (Fsp3) is 0. The second kappa shape index (κ2) is 7.04. The molecule has 0 atom stereocenters. The second-order valence-corrected chi connectivity index (χ2v) is 3.14. The molecule has 15 heavy (non-hydrogen) atoms. The summed E-state index contributed by atoms with van der Waals surface area (Å²) in [6.07, 6.45) is 3.50. The Morgan fingerprint density at radius 1 is 1.00 bits per heavy atom. The third-order valence-corrected chi connectivity index (χ3v) is 1.84. The minimum atomic E-state index is 0.681. The molecule has 0 bridgehead atoms. The van der Waals surface area contributed by atoms with Crippen LogP contribution >= 0.6 is 11.6 Å². The fourth-order valence-corrected chi connectivity index (χ4v) is 0.987. The fourth-order valence-electron chi connectivity index (χ4n) is 0.861. The highest BCUT2D eigenvalue weighted by Crippen LogP contribution is 2.02. The van der Waals surface area contributed by atoms with Crippen LogP contribution in [-0.2, 0) is 0 Å². The first-order chi connectivity index (χ1) is 7.33. The summed E-state index contributed by atoms with van der Waals surface area (Å²) in [5.41, 5.74) is 0.763. The van der Waals surface area contributed by atoms with Gasteiger partial charge in [0.2, 0.25) is 0 Å². The molecule has 1 aromatic carbocycles. The predicted octanol–water partition coefficient (Wildman–Crippen LogP) is 1.66. The van der Waals surface area contributed by atoms with Gasteiger partial charge in [0.15, 0.2) is 0 Å². The first kappa shape index (κ1) is 11.8. The highest BCUT2D eigenvalue weighted by Gasteiger charge is 1.90. The summed E-state index contributed by atoms with van der Waals surface area (Å²) in [6.45, 7) is 0. The van der Waals surface area contributed by atoms with Crippen molar-refractivity contribution in [3.8, 4) is 0 Å². The molecule has 2 aromatic rings. The molecule has 1 radical (unpaired) electrons. The van der Waals surface area contributed by atoms with E-state index in [-0.39, 0.29) is 0 Å². The van der Waals surface area contributed by atoms with Crippen LogP contribution in [0, 0.1) is 0 Å². The molecule has 0 saturated heterocycles. The Hall–Kier alpha value is -1.32. The average molecular weight is 218 g/mol. The van der Waals surface area contributed by atoms with Crippen molar-refractivity contribution in [3.05, 3.63) is 59.9 Å². The lowest BCUT2D eigenvalue weighted by atomic mass is 9.89. The topological polar surface area (TPSA) is 33.1 Å². The predicted molar refractivity (Wildman–Crippen MR) is 63.3 cm³/mol. The summed E-state index contributed by atoms with van der Waals surface area (Å²) in [5.74, 6) is 0. The molecule has 0 fully saturated rings. The number of halogens is 1. The van der Waals surface area contributed by atoms with E-state index >= 15 is 0 Å². The summed E-state index contributed by atoms with van der Waals surface area (Å²) in [4.78, 5) is 3.78. The molecule has 1 aromatic heterocycles. The molecular formula is C11H10BClNO. The van der Waals surface area contributed by atoms with Crippen LogP contribution in [-0.4, -0.2) is 17.5 Å². The van der Waals surface area contributed by atoms with Gasteiger partial charge in [-0.05, 0) is 24.3 Å². The van der Waals surface area contributed by atoms with Crippen LogP contribution in [0.4, 0.5) is 0 Å². The van der Waals surface area contributed by atoms with E-state index in [0.29, 0.717) is 5.02 Å². The first-order valence-corrected chi connectivity index (χ1v) is 4.78. The van der Waals surface area contributed by atoms with E-state index in [4.69, 9.17) is 16.6 Å². The van der Waals surface area contributed by atoms with Crippen molar-refractivity contribution in [1.29, 1.82) is 0 Å². The van der Waals surface area contributed by atoms with Crippen LogP contribution in [0.15, 0.2) is 54.9 Å². The molecule has 75 valence electrons. The summed E-state index contributed by atoms with van der Waals surface area (Å²) >= 11 is 5.57. The van der Waals surface area contributed by atoms with Gasteiger partial charge in [-0.25, -0.2) is 0 Å². The van der Waals surface area contributed by atoms with Crippen molar-refractivity contribution >= 4 is 24.5 Å². The molecule has 2 rings (SSSR count). The van der Waals surface area contributed by atoms with Crippen LogP contribution in [0.5, 0.6) is 0 Å². The molecule has 0 saturated carbocycles. The van der Waals surface area contributed by atoms with Gasteiger partial charge >= 0.3 is 7.48 Å². The molecule has 0 aliphatic heterocycles. The van der Waals surface area contributed by atoms with E-state index < -0.39 is 0 Å². The van der Waals surface area contributed by atoms with Gasteiger partial charge in [0.05, 0.1) is 0 Å². The van der Waals surface area contributed by atoms with Crippen LogP contribution in [0.3, 0.4) is 0 Å². The summed E-state index contributed by atoms with van der Waals surface area (Å²) in [5, 5.41) is 9.14. The molecule has 4 heteroatoms. The largest absolute Gasteiger partial charge is 0.450 e. The number of nitrogens with zero attached hydrogens (tertiary/aromatic N) is 1. The quantitative estimate of drug-likeness (QED) is 0.739. The molecule has 1 N–H and O–H groups in total. The number of hydrogen-bond acceptors (Lipinski definition) is 2. The standard InChI is InChI=1S/C6H5BClO.C5H5N/c8-6-3-1-5(7-9)2-4-6;1-2-4-6-5-3-1/h1-4,9H;1-5H. The van der Waals surface area contributed by atoms with E-state index in [0.717, 1.165) is 12.9 Å². The van der Waals surface area contributed by atoms with E-state index in [9.17, 15) is 0 Å². The van der Waals surface area contributed by atoms with E-state index in [1.807, 2.05) is 18.2 Å². The maximum absolute atomic E-state index is 8.46. The maximum atomic E-state index is 8.46. The van der Waals surface area contributed by atoms with Gasteiger partial charge in [-0.15, -0.1) is 0 Å². The van der Waals surface area contributed by atoms with Crippen molar-refractivity contribution in [1.82, 2.24) is 4.98 Å². The third kappa shape index (κ3) is 5.20. The minimum Gasteiger partial charge on any atom is -0.450 e. The van der Waals surface area contributed by atoms with Crippen molar-refractivity contribution < 1.29 is 5.02 Å². The van der Waals surface area contributed by atoms with Gasteiger partial charge in [-0.1, -0.05) is 35.3 Å². The van der Waals surface area contributed by atoms with Gasteiger partial charge in [-0.3, -0.25) is 4.98 Å². The van der Waals surface area contributed by atoms with E-state index in [1.54, 1.807) is 36.7 Å². The number of benzene rings is 1. The van der Waals surface area contributed by atoms with Gasteiger partial charge in [-0.2, -0.15) is 0 Å². The van der Waals surface area contributed by atoms with Crippen LogP contribution in [0.2, 0.25) is 5.02 Å². The lowest BCUT2D eigenvalue weighted by Crippen LogP contribution is -2.11. The Morgan fingerprint density at radius 3 is 1.93 bits per heavy atom. The third-order valence-electron chi connectivity index (χ3n) is 1.59. The zero-order chi connectivity index (χ0) is 10.9. The Bertz CT molecular complexity index is 339. The Labute approximate surface area is 94.8 Å². The van der Waals surface area contributed by atoms with Gasteiger partial charge in [0.1, 0.15) is 0 Å². The zero-order valence-electron chi connectivity index (χ0n) is 8.05. The molecule has 1 heterocycles. The Morgan fingerprint density at radius 2 is 1.60 bits per heavy atom. The molecule has 0 aliphatic rings. The Kier molecular flexibility index (Phi) is 5.52. The SMILES string of the molecule is O[B]c1ccc(Cl)cc1.c1ccncc1. The van der Waals surface area contributed by atoms with Crippen LogP contribution < -0.4 is 5.46 Å². The smallest absolute Gasteiger partial charge is 0.326 e. The molecule has 0 amide bonds. The molecule has 0 spiro atoms. The van der Waals surface area contributed by atoms with Crippen molar-refractivity contribution in [2.24, 2.45) is 0 Å². The number of rotatable bonds is 1. The number of pyridine rings is 1. The van der Waals surface area contributed by atoms with E-state index in [2.05, 4.69) is 4.98 Å². The molecular weight excluding hydrogens is 208 g/mol. The molecule has 0 aliphatic carbocycles. The lowest BCUT2D eigenvalue weighted by molar-refractivity contribution is 0.615. The van der Waals surface area contributed by atoms with Crippen molar-refractivity contribution in [2.75, 3.05) is 0 Å². The van der Waals surface area contributed by atoms with Crippen molar-refractivity contribution in [3.63, 3.8) is 0 Å². The van der Waals surface area contributed by atoms with Gasteiger partial charge in [0.25, 0.3) is 0 Å². The summed E-state index contributed by atoms with van der Waals surface area (Å²) in [6, 6.07) is 12.6. The second-order valence-electron chi connectivity index (χ2n) is 2.71. The normalized spacial score (nSPS) is 8.67. The minimum absolute atomic E-state index is 0.681. The van der Waals surface area contributed by atoms with Crippen molar-refractivity contribution in [2.45, 2.75) is 0 Å². The van der Waals surface area contributed by atoms with Crippen LogP contribution in [0.1, 0.15) is 0 Å². The number of aromatic nitrogens is 1. The average Bonchev–Trinajstić information content (AvgIpc) is 2.33. The zero-order valence-corrected chi connectivity index (χ0v) is 8.80. The maximum Gasteiger partial charge on any atom is 0.326 e. The van der Waals surface area contributed by atoms with Gasteiger partial charge < -0.3 is 5.02 Å². The number of hydrogen-bond donors (Lipinski definition) is 1. The monoisotopic (exact) mass is 218 g/mol. The summed E-state index contributed by atoms with van der Waals surface area (Å²) < 4.78 is 0. The van der Waals surface area contributed by atoms with E-state index in [1.165, 1.54) is 0 Å². The highest BCUT2D eigenvalue weighted by molar-refractivity contribution is 6.45.